The Morgan fingerprint density at radius 1 is 1.50 bits per heavy atom. The molecule has 1 atom stereocenters. The minimum Gasteiger partial charge on any atom is -0.497 e. The van der Waals surface area contributed by atoms with E-state index < -0.39 is 0 Å². The zero-order chi connectivity index (χ0) is 13.0. The molecule has 1 aliphatic heterocycles. The molecule has 98 valence electrons. The number of hydrogen-bond donors (Lipinski definition) is 2. The molecule has 1 unspecified atom stereocenters. The molecule has 1 aliphatic rings. The molecule has 18 heavy (non-hydrogen) atoms. The molecule has 1 aromatic rings. The lowest BCUT2D eigenvalue weighted by Crippen LogP contribution is -2.40. The number of carbonyl (C=O) groups is 1. The van der Waals surface area contributed by atoms with Crippen LogP contribution in [0.2, 0.25) is 0 Å². The summed E-state index contributed by atoms with van der Waals surface area (Å²) in [4.78, 5) is 13.7. The van der Waals surface area contributed by atoms with Crippen molar-refractivity contribution in [3.05, 3.63) is 24.3 Å². The molecule has 1 aromatic carbocycles. The van der Waals surface area contributed by atoms with Crippen LogP contribution in [-0.4, -0.2) is 42.3 Å². The third-order valence-corrected chi connectivity index (χ3v) is 3.19. The monoisotopic (exact) mass is 252 g/mol. The SMILES string of the molecule is COc1ccc(N[14C](=O)N2CCCC2CO)cc1. The van der Waals surface area contributed by atoms with Crippen molar-refractivity contribution in [1.29, 1.82) is 0 Å². The van der Waals surface area contributed by atoms with Gasteiger partial charge in [0, 0.05) is 12.2 Å². The molecule has 0 radical (unpaired) electrons. The highest BCUT2D eigenvalue weighted by Gasteiger charge is 2.27. The van der Waals surface area contributed by atoms with Crippen molar-refractivity contribution < 1.29 is 14.6 Å². The maximum Gasteiger partial charge on any atom is 0.322 e. The predicted molar refractivity (Wildman–Crippen MR) is 68.8 cm³/mol. The van der Waals surface area contributed by atoms with Gasteiger partial charge in [-0.2, -0.15) is 0 Å². The van der Waals surface area contributed by atoms with Gasteiger partial charge in [0.25, 0.3) is 0 Å². The summed E-state index contributed by atoms with van der Waals surface area (Å²) in [5, 5.41) is 12.0. The summed E-state index contributed by atoms with van der Waals surface area (Å²) in [6, 6.07) is 6.97. The highest BCUT2D eigenvalue weighted by Crippen LogP contribution is 2.19. The van der Waals surface area contributed by atoms with Gasteiger partial charge in [0.05, 0.1) is 19.8 Å². The second-order valence-corrected chi connectivity index (χ2v) is 4.33. The van der Waals surface area contributed by atoms with Crippen LogP contribution >= 0.6 is 0 Å². The van der Waals surface area contributed by atoms with Crippen LogP contribution in [0, 0.1) is 0 Å². The molecule has 2 rings (SSSR count). The second kappa shape index (κ2) is 5.73. The summed E-state index contributed by atoms with van der Waals surface area (Å²) in [5.74, 6) is 0.752. The highest BCUT2D eigenvalue weighted by atomic mass is 16.5. The Morgan fingerprint density at radius 3 is 2.83 bits per heavy atom. The average Bonchev–Trinajstić information content (AvgIpc) is 2.88. The van der Waals surface area contributed by atoms with E-state index in [0.29, 0.717) is 6.54 Å². The number of urea groups is 1. The van der Waals surface area contributed by atoms with E-state index in [9.17, 15) is 9.90 Å². The van der Waals surface area contributed by atoms with E-state index in [4.69, 9.17) is 4.74 Å². The molecule has 0 bridgehead atoms. The van der Waals surface area contributed by atoms with Gasteiger partial charge in [-0.15, -0.1) is 0 Å². The molecule has 0 aromatic heterocycles. The number of benzene rings is 1. The normalized spacial score (nSPS) is 18.8. The predicted octanol–water partition coefficient (Wildman–Crippen LogP) is 1.68. The van der Waals surface area contributed by atoms with E-state index in [1.165, 1.54) is 0 Å². The van der Waals surface area contributed by atoms with Crippen LogP contribution in [0.15, 0.2) is 24.3 Å². The minimum absolute atomic E-state index is 0.0238. The summed E-state index contributed by atoms with van der Waals surface area (Å²) in [7, 11) is 1.60. The van der Waals surface area contributed by atoms with Gasteiger partial charge in [-0.05, 0) is 37.1 Å². The van der Waals surface area contributed by atoms with E-state index in [2.05, 4.69) is 5.32 Å². The van der Waals surface area contributed by atoms with Crippen molar-refractivity contribution in [3.63, 3.8) is 0 Å². The number of aliphatic hydroxyl groups is 1. The Balaban J connectivity index is 1.97. The van der Waals surface area contributed by atoms with E-state index in [-0.39, 0.29) is 18.7 Å². The van der Waals surface area contributed by atoms with Crippen LogP contribution in [0.4, 0.5) is 10.5 Å². The fraction of sp³-hybridized carbons (Fsp3) is 0.462. The van der Waals surface area contributed by atoms with Crippen molar-refractivity contribution in [2.45, 2.75) is 18.9 Å². The van der Waals surface area contributed by atoms with Crippen LogP contribution in [0.5, 0.6) is 5.75 Å². The number of nitrogens with one attached hydrogen (secondary N) is 1. The van der Waals surface area contributed by atoms with E-state index in [0.717, 1.165) is 24.3 Å². The fourth-order valence-electron chi connectivity index (χ4n) is 2.16. The molecule has 0 saturated carbocycles. The summed E-state index contributed by atoms with van der Waals surface area (Å²) in [5.41, 5.74) is 0.726. The lowest BCUT2D eigenvalue weighted by Gasteiger charge is -2.23. The molecular formula is C13H18N2O3. The molecular weight excluding hydrogens is 234 g/mol. The Morgan fingerprint density at radius 2 is 2.22 bits per heavy atom. The molecule has 2 N–H and O–H groups in total. The van der Waals surface area contributed by atoms with Crippen molar-refractivity contribution in [1.82, 2.24) is 4.90 Å². The molecule has 1 heterocycles. The standard InChI is InChI=1S/C13H18N2O3/c1-18-12-6-4-10(5-7-12)14-13(17)15-8-2-3-11(15)9-16/h4-7,11,16H,2-3,8-9H2,1H3,(H,14,17)/i13+2. The van der Waals surface area contributed by atoms with E-state index in [1.54, 1.807) is 36.3 Å². The van der Waals surface area contributed by atoms with Crippen LogP contribution in [0.25, 0.3) is 0 Å². The number of amides is 2. The van der Waals surface area contributed by atoms with Gasteiger partial charge in [-0.25, -0.2) is 4.79 Å². The van der Waals surface area contributed by atoms with Gasteiger partial charge in [0.2, 0.25) is 0 Å². The van der Waals surface area contributed by atoms with E-state index in [1.807, 2.05) is 0 Å². The molecule has 2 amide bonds. The lowest BCUT2D eigenvalue weighted by atomic mass is 10.2. The Kier molecular flexibility index (Phi) is 4.04. The first-order valence-corrected chi connectivity index (χ1v) is 6.07. The van der Waals surface area contributed by atoms with Crippen LogP contribution in [0.1, 0.15) is 12.8 Å². The lowest BCUT2D eigenvalue weighted by molar-refractivity contribution is 0.166. The number of aliphatic hydroxyl groups excluding tert-OH is 1. The molecule has 1 fully saturated rings. The molecule has 1 saturated heterocycles. The second-order valence-electron chi connectivity index (χ2n) is 4.33. The number of likely N-dealkylation sites (tertiary alicyclic amines) is 1. The first-order valence-electron chi connectivity index (χ1n) is 6.07. The van der Waals surface area contributed by atoms with E-state index >= 15 is 0 Å². The third-order valence-electron chi connectivity index (χ3n) is 3.19. The molecule has 0 spiro atoms. The van der Waals surface area contributed by atoms with Gasteiger partial charge in [-0.3, -0.25) is 0 Å². The molecule has 5 nitrogen and oxygen atoms in total. The van der Waals surface area contributed by atoms with Gasteiger partial charge in [-0.1, -0.05) is 0 Å². The number of carbonyl (C=O) groups excluding carboxylic acids is 1. The van der Waals surface area contributed by atoms with Crippen molar-refractivity contribution in [2.24, 2.45) is 0 Å². The summed E-state index contributed by atoms with van der Waals surface area (Å²) < 4.78 is 5.05. The highest BCUT2D eigenvalue weighted by molar-refractivity contribution is 5.89. The average molecular weight is 252 g/mol. The van der Waals surface area contributed by atoms with Gasteiger partial charge < -0.3 is 20.1 Å². The Labute approximate surface area is 106 Å². The van der Waals surface area contributed by atoms with Gasteiger partial charge in [0.1, 0.15) is 5.75 Å². The maximum absolute atomic E-state index is 12.0. The first kappa shape index (κ1) is 12.7. The zero-order valence-corrected chi connectivity index (χ0v) is 10.4. The maximum atomic E-state index is 12.0. The van der Waals surface area contributed by atoms with Crippen molar-refractivity contribution in [3.8, 4) is 5.75 Å². The molecule has 0 aliphatic carbocycles. The first-order chi connectivity index (χ1) is 8.74. The summed E-state index contributed by atoms with van der Waals surface area (Å²) >= 11 is 0. The molecule has 5 heteroatoms. The number of ether oxygens (including phenoxy) is 1. The largest absolute Gasteiger partial charge is 0.497 e. The number of methoxy groups -OCH3 is 1. The zero-order valence-electron chi connectivity index (χ0n) is 10.4. The number of anilines is 1. The summed E-state index contributed by atoms with van der Waals surface area (Å²) in [6.07, 6.45) is 1.81. The Bertz CT molecular complexity index is 405. The third kappa shape index (κ3) is 2.73. The van der Waals surface area contributed by atoms with Crippen LogP contribution in [0.3, 0.4) is 0 Å². The minimum atomic E-state index is -0.156. The van der Waals surface area contributed by atoms with Crippen molar-refractivity contribution in [2.75, 3.05) is 25.6 Å². The smallest absolute Gasteiger partial charge is 0.322 e. The Hall–Kier alpha value is -1.75. The van der Waals surface area contributed by atoms with Crippen LogP contribution < -0.4 is 10.1 Å². The quantitative estimate of drug-likeness (QED) is 0.860. The van der Waals surface area contributed by atoms with Crippen molar-refractivity contribution >= 4 is 11.7 Å². The topological polar surface area (TPSA) is 61.8 Å². The summed E-state index contributed by atoms with van der Waals surface area (Å²) in [6.45, 7) is 0.725. The van der Waals surface area contributed by atoms with Gasteiger partial charge in [0.15, 0.2) is 0 Å². The van der Waals surface area contributed by atoms with Gasteiger partial charge >= 0.3 is 6.03 Å². The fourth-order valence-corrected chi connectivity index (χ4v) is 2.16. The number of rotatable bonds is 3. The number of hydrogen-bond acceptors (Lipinski definition) is 3. The van der Waals surface area contributed by atoms with Crippen LogP contribution in [-0.2, 0) is 0 Å². The number of nitrogens with zero attached hydrogens (tertiary/aromatic N) is 1.